The van der Waals surface area contributed by atoms with Crippen molar-refractivity contribution in [1.82, 2.24) is 4.90 Å². The summed E-state index contributed by atoms with van der Waals surface area (Å²) < 4.78 is 0. The van der Waals surface area contributed by atoms with Crippen LogP contribution in [0.25, 0.3) is 0 Å². The minimum absolute atomic E-state index is 0.113. The first-order valence-electron chi connectivity index (χ1n) is 7.27. The largest absolute Gasteiger partial charge is 0.395 e. The van der Waals surface area contributed by atoms with Gasteiger partial charge in [0, 0.05) is 12.6 Å². The maximum atomic E-state index is 10.1. The predicted molar refractivity (Wildman–Crippen MR) is 68.8 cm³/mol. The minimum atomic E-state index is -0.113. The third-order valence-electron chi connectivity index (χ3n) is 4.81. The van der Waals surface area contributed by atoms with Crippen LogP contribution < -0.4 is 0 Å². The van der Waals surface area contributed by atoms with Crippen molar-refractivity contribution in [3.63, 3.8) is 0 Å². The quantitative estimate of drug-likeness (QED) is 0.786. The van der Waals surface area contributed by atoms with Gasteiger partial charge in [0.2, 0.25) is 0 Å². The molecule has 17 heavy (non-hydrogen) atoms. The number of likely N-dealkylation sites (tertiary alicyclic amines) is 1. The average Bonchev–Trinajstić information content (AvgIpc) is 2.79. The van der Waals surface area contributed by atoms with Gasteiger partial charge < -0.3 is 10.2 Å². The van der Waals surface area contributed by atoms with Crippen LogP contribution in [0.1, 0.15) is 45.4 Å². The predicted octanol–water partition coefficient (Wildman–Crippen LogP) is 1.63. The van der Waals surface area contributed by atoms with Gasteiger partial charge in [0.1, 0.15) is 0 Å². The van der Waals surface area contributed by atoms with Crippen LogP contribution in [-0.2, 0) is 0 Å². The van der Waals surface area contributed by atoms with E-state index >= 15 is 0 Å². The number of aliphatic hydroxyl groups excluding tert-OH is 2. The third kappa shape index (κ3) is 3.21. The molecule has 0 spiro atoms. The zero-order valence-corrected chi connectivity index (χ0v) is 11.0. The SMILES string of the molecule is CCC1CCC(O)C(CN2CCCC2CO)C1. The number of nitrogens with zero attached hydrogens (tertiary/aromatic N) is 1. The van der Waals surface area contributed by atoms with Gasteiger partial charge in [-0.15, -0.1) is 0 Å². The second-order valence-electron chi connectivity index (χ2n) is 5.89. The Bertz CT molecular complexity index is 234. The van der Waals surface area contributed by atoms with Crippen LogP contribution in [0.3, 0.4) is 0 Å². The molecule has 0 amide bonds. The fraction of sp³-hybridized carbons (Fsp3) is 1.00. The Morgan fingerprint density at radius 1 is 1.24 bits per heavy atom. The van der Waals surface area contributed by atoms with Crippen LogP contribution >= 0.6 is 0 Å². The molecule has 0 aromatic carbocycles. The van der Waals surface area contributed by atoms with E-state index in [2.05, 4.69) is 11.8 Å². The zero-order valence-electron chi connectivity index (χ0n) is 11.0. The molecule has 2 aliphatic rings. The summed E-state index contributed by atoms with van der Waals surface area (Å²) in [4.78, 5) is 2.39. The van der Waals surface area contributed by atoms with E-state index < -0.39 is 0 Å². The number of hydrogen-bond donors (Lipinski definition) is 2. The summed E-state index contributed by atoms with van der Waals surface area (Å²) in [5.41, 5.74) is 0. The number of aliphatic hydroxyl groups is 2. The highest BCUT2D eigenvalue weighted by Gasteiger charge is 2.32. The second kappa shape index (κ2) is 6.17. The molecule has 1 aliphatic carbocycles. The zero-order chi connectivity index (χ0) is 12.3. The lowest BCUT2D eigenvalue weighted by Gasteiger charge is -2.36. The number of rotatable bonds is 4. The maximum Gasteiger partial charge on any atom is 0.0586 e. The highest BCUT2D eigenvalue weighted by atomic mass is 16.3. The van der Waals surface area contributed by atoms with Crippen LogP contribution in [0.2, 0.25) is 0 Å². The molecule has 0 aromatic heterocycles. The molecular formula is C14H27NO2. The molecule has 100 valence electrons. The summed E-state index contributed by atoms with van der Waals surface area (Å²) in [5, 5.41) is 19.4. The van der Waals surface area contributed by atoms with Crippen molar-refractivity contribution in [2.45, 2.75) is 57.6 Å². The molecular weight excluding hydrogens is 214 g/mol. The van der Waals surface area contributed by atoms with Crippen LogP contribution in [-0.4, -0.2) is 47.0 Å². The Morgan fingerprint density at radius 3 is 2.76 bits per heavy atom. The Hall–Kier alpha value is -0.120. The van der Waals surface area contributed by atoms with Crippen LogP contribution in [0.5, 0.6) is 0 Å². The summed E-state index contributed by atoms with van der Waals surface area (Å²) in [5.74, 6) is 1.24. The van der Waals surface area contributed by atoms with E-state index in [1.54, 1.807) is 0 Å². The third-order valence-corrected chi connectivity index (χ3v) is 4.81. The minimum Gasteiger partial charge on any atom is -0.395 e. The van der Waals surface area contributed by atoms with E-state index in [-0.39, 0.29) is 12.7 Å². The summed E-state index contributed by atoms with van der Waals surface area (Å²) in [6, 6.07) is 0.351. The molecule has 0 bridgehead atoms. The first-order valence-corrected chi connectivity index (χ1v) is 7.27. The average molecular weight is 241 g/mol. The first kappa shape index (κ1) is 13.3. The van der Waals surface area contributed by atoms with Crippen molar-refractivity contribution in [2.24, 2.45) is 11.8 Å². The van der Waals surface area contributed by atoms with Gasteiger partial charge in [-0.05, 0) is 50.5 Å². The normalized spacial score (nSPS) is 39.7. The first-order chi connectivity index (χ1) is 8.24. The van der Waals surface area contributed by atoms with Crippen LogP contribution in [0, 0.1) is 11.8 Å². The molecule has 2 rings (SSSR count). The van der Waals surface area contributed by atoms with Gasteiger partial charge >= 0.3 is 0 Å². The van der Waals surface area contributed by atoms with Crippen molar-refractivity contribution in [1.29, 1.82) is 0 Å². The van der Waals surface area contributed by atoms with Crippen molar-refractivity contribution in [3.05, 3.63) is 0 Å². The molecule has 3 heteroatoms. The van der Waals surface area contributed by atoms with Gasteiger partial charge in [-0.3, -0.25) is 4.90 Å². The lowest BCUT2D eigenvalue weighted by atomic mass is 9.78. The molecule has 0 radical (unpaired) electrons. The lowest BCUT2D eigenvalue weighted by molar-refractivity contribution is 0.0196. The molecule has 1 aliphatic heterocycles. The smallest absolute Gasteiger partial charge is 0.0586 e. The molecule has 1 saturated heterocycles. The summed E-state index contributed by atoms with van der Waals surface area (Å²) in [6.07, 6.45) is 6.79. The number of hydrogen-bond acceptors (Lipinski definition) is 3. The van der Waals surface area contributed by atoms with Crippen LogP contribution in [0.15, 0.2) is 0 Å². The van der Waals surface area contributed by atoms with Gasteiger partial charge in [0.05, 0.1) is 12.7 Å². The van der Waals surface area contributed by atoms with Gasteiger partial charge in [0.15, 0.2) is 0 Å². The summed E-state index contributed by atoms with van der Waals surface area (Å²) >= 11 is 0. The molecule has 0 aromatic rings. The van der Waals surface area contributed by atoms with E-state index in [1.807, 2.05) is 0 Å². The second-order valence-corrected chi connectivity index (χ2v) is 5.89. The van der Waals surface area contributed by atoms with E-state index in [0.717, 1.165) is 31.8 Å². The van der Waals surface area contributed by atoms with E-state index in [4.69, 9.17) is 0 Å². The van der Waals surface area contributed by atoms with Gasteiger partial charge in [-0.25, -0.2) is 0 Å². The highest BCUT2D eigenvalue weighted by Crippen LogP contribution is 2.33. The summed E-state index contributed by atoms with van der Waals surface area (Å²) in [6.45, 7) is 4.62. The maximum absolute atomic E-state index is 10.1. The summed E-state index contributed by atoms with van der Waals surface area (Å²) in [7, 11) is 0. The van der Waals surface area contributed by atoms with E-state index in [1.165, 1.54) is 25.7 Å². The monoisotopic (exact) mass is 241 g/mol. The highest BCUT2D eigenvalue weighted by molar-refractivity contribution is 4.86. The molecule has 1 saturated carbocycles. The van der Waals surface area contributed by atoms with Crippen molar-refractivity contribution < 1.29 is 10.2 Å². The van der Waals surface area contributed by atoms with E-state index in [0.29, 0.717) is 12.0 Å². The molecule has 2 N–H and O–H groups in total. The molecule has 3 nitrogen and oxygen atoms in total. The van der Waals surface area contributed by atoms with Crippen molar-refractivity contribution in [3.8, 4) is 0 Å². The lowest BCUT2D eigenvalue weighted by Crippen LogP contribution is -2.42. The van der Waals surface area contributed by atoms with Gasteiger partial charge in [-0.1, -0.05) is 13.3 Å². The van der Waals surface area contributed by atoms with Gasteiger partial charge in [0.25, 0.3) is 0 Å². The Labute approximate surface area is 105 Å². The standard InChI is InChI=1S/C14H27NO2/c1-2-11-5-6-14(17)12(8-11)9-15-7-3-4-13(15)10-16/h11-14,16-17H,2-10H2,1H3. The van der Waals surface area contributed by atoms with Gasteiger partial charge in [-0.2, -0.15) is 0 Å². The van der Waals surface area contributed by atoms with Crippen molar-refractivity contribution >= 4 is 0 Å². The molecule has 2 fully saturated rings. The van der Waals surface area contributed by atoms with Crippen molar-refractivity contribution in [2.75, 3.05) is 19.7 Å². The molecule has 4 unspecified atom stereocenters. The van der Waals surface area contributed by atoms with Crippen LogP contribution in [0.4, 0.5) is 0 Å². The Morgan fingerprint density at radius 2 is 2.06 bits per heavy atom. The topological polar surface area (TPSA) is 43.7 Å². The Kier molecular flexibility index (Phi) is 4.83. The fourth-order valence-electron chi connectivity index (χ4n) is 3.56. The van der Waals surface area contributed by atoms with E-state index in [9.17, 15) is 10.2 Å². The Balaban J connectivity index is 1.87. The fourth-order valence-corrected chi connectivity index (χ4v) is 3.56. The molecule has 4 atom stereocenters. The molecule has 1 heterocycles.